The quantitative estimate of drug-likeness (QED) is 0.518. The number of halogens is 1. The molecule has 0 saturated carbocycles. The molecule has 3 aromatic rings. The summed E-state index contributed by atoms with van der Waals surface area (Å²) in [5.41, 5.74) is 5.40. The van der Waals surface area contributed by atoms with Crippen LogP contribution in [0.2, 0.25) is 5.02 Å². The van der Waals surface area contributed by atoms with Crippen LogP contribution in [0.1, 0.15) is 34.9 Å². The lowest BCUT2D eigenvalue weighted by Gasteiger charge is -2.18. The van der Waals surface area contributed by atoms with Crippen molar-refractivity contribution in [2.24, 2.45) is 0 Å². The van der Waals surface area contributed by atoms with Crippen LogP contribution in [0.25, 0.3) is 11.1 Å². The minimum absolute atomic E-state index is 0.0239. The number of fused-ring (bicyclic) bond motifs is 3. The maximum absolute atomic E-state index is 12.4. The van der Waals surface area contributed by atoms with Crippen molar-refractivity contribution in [3.63, 3.8) is 0 Å². The Hall–Kier alpha value is -3.31. The number of hydrogen-bond acceptors (Lipinski definition) is 3. The standard InChI is InChI=1S/C25H22ClNO4/c26-18-11-9-16(10-12-18)17(13-24(28)29)14-27-25(30)31-15-23-21-7-3-1-5-19(21)20-6-2-4-8-22(20)23/h1-12,17,23H,13-15H2,(H,27,30)(H,28,29). The number of ether oxygens (including phenoxy) is 1. The summed E-state index contributed by atoms with van der Waals surface area (Å²) >= 11 is 5.92. The van der Waals surface area contributed by atoms with Crippen molar-refractivity contribution in [1.82, 2.24) is 5.32 Å². The Morgan fingerprint density at radius 2 is 1.52 bits per heavy atom. The Kier molecular flexibility index (Phi) is 6.23. The summed E-state index contributed by atoms with van der Waals surface area (Å²) in [6.07, 6.45) is -0.670. The number of carbonyl (C=O) groups excluding carboxylic acids is 1. The van der Waals surface area contributed by atoms with Crippen molar-refractivity contribution in [2.45, 2.75) is 18.3 Å². The average Bonchev–Trinajstić information content (AvgIpc) is 3.09. The van der Waals surface area contributed by atoms with Crippen LogP contribution in [0.15, 0.2) is 72.8 Å². The monoisotopic (exact) mass is 435 g/mol. The highest BCUT2D eigenvalue weighted by molar-refractivity contribution is 6.30. The number of nitrogens with one attached hydrogen (secondary N) is 1. The molecule has 0 fully saturated rings. The number of carboxylic acid groups (broad SMARTS) is 1. The van der Waals surface area contributed by atoms with E-state index in [0.717, 1.165) is 27.8 Å². The third kappa shape index (κ3) is 4.72. The van der Waals surface area contributed by atoms with Crippen LogP contribution in [0.4, 0.5) is 4.79 Å². The van der Waals surface area contributed by atoms with Gasteiger partial charge in [0.1, 0.15) is 6.61 Å². The first-order valence-corrected chi connectivity index (χ1v) is 10.5. The number of amides is 1. The van der Waals surface area contributed by atoms with E-state index in [2.05, 4.69) is 29.6 Å². The van der Waals surface area contributed by atoms with Gasteiger partial charge in [-0.25, -0.2) is 4.79 Å². The molecule has 5 nitrogen and oxygen atoms in total. The van der Waals surface area contributed by atoms with Crippen LogP contribution in [-0.4, -0.2) is 30.3 Å². The van der Waals surface area contributed by atoms with E-state index in [0.29, 0.717) is 5.02 Å². The van der Waals surface area contributed by atoms with Gasteiger partial charge in [-0.3, -0.25) is 4.79 Å². The summed E-state index contributed by atoms with van der Waals surface area (Å²) in [7, 11) is 0. The fraction of sp³-hybridized carbons (Fsp3) is 0.200. The first-order chi connectivity index (χ1) is 15.0. The molecule has 6 heteroatoms. The third-order valence-electron chi connectivity index (χ3n) is 5.60. The van der Waals surface area contributed by atoms with E-state index in [1.165, 1.54) is 0 Å². The molecule has 31 heavy (non-hydrogen) atoms. The van der Waals surface area contributed by atoms with E-state index in [4.69, 9.17) is 16.3 Å². The van der Waals surface area contributed by atoms with Crippen LogP contribution >= 0.6 is 11.6 Å². The number of carbonyl (C=O) groups is 2. The van der Waals surface area contributed by atoms with Crippen molar-refractivity contribution in [1.29, 1.82) is 0 Å². The summed E-state index contributed by atoms with van der Waals surface area (Å²) in [6.45, 7) is 0.370. The lowest BCUT2D eigenvalue weighted by molar-refractivity contribution is -0.137. The van der Waals surface area contributed by atoms with Gasteiger partial charge in [-0.2, -0.15) is 0 Å². The van der Waals surface area contributed by atoms with Crippen molar-refractivity contribution < 1.29 is 19.4 Å². The smallest absolute Gasteiger partial charge is 0.407 e. The molecule has 0 aromatic heterocycles. The van der Waals surface area contributed by atoms with E-state index in [1.807, 2.05) is 24.3 Å². The first kappa shape index (κ1) is 20.9. The maximum atomic E-state index is 12.4. The van der Waals surface area contributed by atoms with Gasteiger partial charge < -0.3 is 15.2 Å². The molecule has 4 rings (SSSR count). The summed E-state index contributed by atoms with van der Waals surface area (Å²) < 4.78 is 5.53. The van der Waals surface area contributed by atoms with Gasteiger partial charge >= 0.3 is 12.1 Å². The third-order valence-corrected chi connectivity index (χ3v) is 5.85. The fourth-order valence-corrected chi connectivity index (χ4v) is 4.24. The molecule has 1 aliphatic rings. The van der Waals surface area contributed by atoms with Gasteiger partial charge in [0.05, 0.1) is 6.42 Å². The summed E-state index contributed by atoms with van der Waals surface area (Å²) in [6, 6.07) is 23.2. The lowest BCUT2D eigenvalue weighted by atomic mass is 9.96. The lowest BCUT2D eigenvalue weighted by Crippen LogP contribution is -2.31. The Labute approximate surface area is 185 Å². The van der Waals surface area contributed by atoms with Crippen LogP contribution in [0, 0.1) is 0 Å². The molecule has 0 saturated heterocycles. The number of benzene rings is 3. The summed E-state index contributed by atoms with van der Waals surface area (Å²) in [4.78, 5) is 23.7. The largest absolute Gasteiger partial charge is 0.481 e. The zero-order valence-electron chi connectivity index (χ0n) is 16.8. The predicted molar refractivity (Wildman–Crippen MR) is 120 cm³/mol. The number of aliphatic carboxylic acids is 1. The Morgan fingerprint density at radius 1 is 0.935 bits per heavy atom. The predicted octanol–water partition coefficient (Wildman–Crippen LogP) is 5.44. The van der Waals surface area contributed by atoms with Crippen molar-refractivity contribution in [3.05, 3.63) is 94.5 Å². The van der Waals surface area contributed by atoms with Crippen LogP contribution in [-0.2, 0) is 9.53 Å². The molecule has 0 aliphatic heterocycles. The van der Waals surface area contributed by atoms with Gasteiger partial charge in [-0.15, -0.1) is 0 Å². The topological polar surface area (TPSA) is 75.6 Å². The molecule has 1 unspecified atom stereocenters. The molecule has 1 amide bonds. The molecule has 1 atom stereocenters. The number of hydrogen-bond donors (Lipinski definition) is 2. The molecule has 3 aromatic carbocycles. The molecule has 158 valence electrons. The zero-order chi connectivity index (χ0) is 21.8. The van der Waals surface area contributed by atoms with Crippen LogP contribution in [0.5, 0.6) is 0 Å². The minimum Gasteiger partial charge on any atom is -0.481 e. The van der Waals surface area contributed by atoms with Gasteiger partial charge in [0.15, 0.2) is 0 Å². The number of carboxylic acids is 1. The number of rotatable bonds is 7. The molecular weight excluding hydrogens is 414 g/mol. The van der Waals surface area contributed by atoms with Crippen molar-refractivity contribution in [2.75, 3.05) is 13.2 Å². The normalized spacial score (nSPS) is 13.2. The van der Waals surface area contributed by atoms with Gasteiger partial charge in [0, 0.05) is 23.4 Å². The highest BCUT2D eigenvalue weighted by atomic mass is 35.5. The van der Waals surface area contributed by atoms with Gasteiger partial charge in [-0.05, 0) is 39.9 Å². The van der Waals surface area contributed by atoms with Crippen molar-refractivity contribution >= 4 is 23.7 Å². The summed E-state index contributed by atoms with van der Waals surface area (Å²) in [5, 5.41) is 12.5. The van der Waals surface area contributed by atoms with Gasteiger partial charge in [0.2, 0.25) is 0 Å². The zero-order valence-corrected chi connectivity index (χ0v) is 17.5. The molecular formula is C25H22ClNO4. The average molecular weight is 436 g/mol. The second-order valence-electron chi connectivity index (χ2n) is 7.55. The summed E-state index contributed by atoms with van der Waals surface area (Å²) in [5.74, 6) is -1.34. The molecule has 0 radical (unpaired) electrons. The van der Waals surface area contributed by atoms with E-state index in [9.17, 15) is 14.7 Å². The molecule has 0 heterocycles. The highest BCUT2D eigenvalue weighted by Gasteiger charge is 2.29. The molecule has 0 spiro atoms. The molecule has 2 N–H and O–H groups in total. The first-order valence-electron chi connectivity index (χ1n) is 10.1. The van der Waals surface area contributed by atoms with E-state index >= 15 is 0 Å². The van der Waals surface area contributed by atoms with E-state index in [1.54, 1.807) is 24.3 Å². The fourth-order valence-electron chi connectivity index (χ4n) is 4.11. The van der Waals surface area contributed by atoms with Gasteiger partial charge in [-0.1, -0.05) is 72.3 Å². The van der Waals surface area contributed by atoms with Crippen LogP contribution < -0.4 is 5.32 Å². The second-order valence-corrected chi connectivity index (χ2v) is 7.99. The SMILES string of the molecule is O=C(O)CC(CNC(=O)OCC1c2ccccc2-c2ccccc21)c1ccc(Cl)cc1. The second kappa shape index (κ2) is 9.23. The van der Waals surface area contributed by atoms with Gasteiger partial charge in [0.25, 0.3) is 0 Å². The molecule has 1 aliphatic carbocycles. The highest BCUT2D eigenvalue weighted by Crippen LogP contribution is 2.44. The Morgan fingerprint density at radius 3 is 2.10 bits per heavy atom. The number of alkyl carbamates (subject to hydrolysis) is 1. The molecule has 0 bridgehead atoms. The van der Waals surface area contributed by atoms with Crippen LogP contribution in [0.3, 0.4) is 0 Å². The Bertz CT molecular complexity index is 1050. The van der Waals surface area contributed by atoms with E-state index in [-0.39, 0.29) is 31.4 Å². The van der Waals surface area contributed by atoms with Crippen molar-refractivity contribution in [3.8, 4) is 11.1 Å². The minimum atomic E-state index is -0.936. The van der Waals surface area contributed by atoms with E-state index < -0.39 is 12.1 Å². The maximum Gasteiger partial charge on any atom is 0.407 e. The Balaban J connectivity index is 1.40.